The lowest BCUT2D eigenvalue weighted by Gasteiger charge is -2.41. The SMILES string of the molecule is C=CC(C)(C#N)N1CCN(c2nc(OC)nc3c2CN(Cc2cccc4cccc(Cl)c24)C3)CC1. The summed E-state index contributed by atoms with van der Waals surface area (Å²) in [5.74, 6) is 0.933. The lowest BCUT2D eigenvalue weighted by molar-refractivity contribution is 0.179. The highest BCUT2D eigenvalue weighted by atomic mass is 35.5. The lowest BCUT2D eigenvalue weighted by atomic mass is 10.0. The number of benzene rings is 2. The van der Waals surface area contributed by atoms with E-state index in [1.54, 1.807) is 13.2 Å². The minimum absolute atomic E-state index is 0.393. The Bertz CT molecular complexity index is 1310. The Morgan fingerprint density at radius 1 is 1.14 bits per heavy atom. The first-order chi connectivity index (χ1) is 17.0. The van der Waals surface area contributed by atoms with Crippen molar-refractivity contribution in [3.05, 3.63) is 70.9 Å². The molecule has 1 atom stereocenters. The number of piperazine rings is 1. The number of rotatable bonds is 6. The maximum absolute atomic E-state index is 9.62. The fourth-order valence-electron chi connectivity index (χ4n) is 5.11. The fourth-order valence-corrected chi connectivity index (χ4v) is 5.42. The lowest BCUT2D eigenvalue weighted by Crippen LogP contribution is -2.54. The van der Waals surface area contributed by atoms with Gasteiger partial charge in [-0.15, -0.1) is 6.58 Å². The molecule has 0 saturated carbocycles. The van der Waals surface area contributed by atoms with Crippen LogP contribution in [-0.4, -0.2) is 58.6 Å². The van der Waals surface area contributed by atoms with E-state index < -0.39 is 5.54 Å². The third kappa shape index (κ3) is 4.34. The van der Waals surface area contributed by atoms with Gasteiger partial charge in [-0.1, -0.05) is 48.0 Å². The smallest absolute Gasteiger partial charge is 0.318 e. The van der Waals surface area contributed by atoms with Crippen molar-refractivity contribution in [3.8, 4) is 12.1 Å². The van der Waals surface area contributed by atoms with Crippen LogP contribution >= 0.6 is 11.6 Å². The first kappa shape index (κ1) is 23.6. The number of methoxy groups -OCH3 is 1. The molecule has 1 fully saturated rings. The summed E-state index contributed by atoms with van der Waals surface area (Å²) in [6, 6.07) is 15.1. The van der Waals surface area contributed by atoms with E-state index in [9.17, 15) is 5.26 Å². The topological polar surface area (TPSA) is 68.5 Å². The molecular weight excluding hydrogens is 460 g/mol. The van der Waals surface area contributed by atoms with E-state index in [2.05, 4.69) is 56.6 Å². The minimum atomic E-state index is -0.659. The zero-order valence-electron chi connectivity index (χ0n) is 20.2. The number of ether oxygens (including phenoxy) is 1. The molecule has 0 amide bonds. The van der Waals surface area contributed by atoms with Crippen LogP contribution in [0.1, 0.15) is 23.7 Å². The molecule has 2 aromatic carbocycles. The number of hydrogen-bond acceptors (Lipinski definition) is 7. The number of hydrogen-bond donors (Lipinski definition) is 0. The standard InChI is InChI=1S/C27H29ClN6O/c1-4-27(2,18-29)34-13-11-33(12-14-34)25-21-16-32(17-23(21)30-26(31-25)35-3)15-20-9-5-7-19-8-6-10-22(28)24(19)20/h4-10H,1,11-17H2,2-3H3. The summed E-state index contributed by atoms with van der Waals surface area (Å²) in [5, 5.41) is 12.7. The molecule has 2 aliphatic rings. The summed E-state index contributed by atoms with van der Waals surface area (Å²) in [6.45, 7) is 11.1. The Kier molecular flexibility index (Phi) is 6.37. The third-order valence-corrected chi connectivity index (χ3v) is 7.50. The van der Waals surface area contributed by atoms with E-state index in [1.165, 1.54) is 5.56 Å². The van der Waals surface area contributed by atoms with Gasteiger partial charge in [0.25, 0.3) is 0 Å². The highest BCUT2D eigenvalue weighted by molar-refractivity contribution is 6.35. The monoisotopic (exact) mass is 488 g/mol. The molecule has 180 valence electrons. The fraction of sp³-hybridized carbons (Fsp3) is 0.370. The highest BCUT2D eigenvalue weighted by Gasteiger charge is 2.34. The largest absolute Gasteiger partial charge is 0.467 e. The molecule has 35 heavy (non-hydrogen) atoms. The number of nitriles is 1. The van der Waals surface area contributed by atoms with Gasteiger partial charge in [0.1, 0.15) is 11.4 Å². The van der Waals surface area contributed by atoms with Crippen LogP contribution in [0.5, 0.6) is 6.01 Å². The predicted octanol–water partition coefficient (Wildman–Crippen LogP) is 4.40. The minimum Gasteiger partial charge on any atom is -0.467 e. The molecule has 2 aliphatic heterocycles. The van der Waals surface area contributed by atoms with Crippen LogP contribution in [0.2, 0.25) is 5.02 Å². The van der Waals surface area contributed by atoms with E-state index in [4.69, 9.17) is 21.3 Å². The van der Waals surface area contributed by atoms with Gasteiger partial charge in [0.15, 0.2) is 0 Å². The molecule has 7 nitrogen and oxygen atoms in total. The second kappa shape index (κ2) is 9.46. The van der Waals surface area contributed by atoms with Gasteiger partial charge in [-0.05, 0) is 23.9 Å². The molecular formula is C27H29ClN6O. The summed E-state index contributed by atoms with van der Waals surface area (Å²) < 4.78 is 5.46. The zero-order chi connectivity index (χ0) is 24.6. The first-order valence-corrected chi connectivity index (χ1v) is 12.2. The average molecular weight is 489 g/mol. The molecule has 5 rings (SSSR count). The van der Waals surface area contributed by atoms with Crippen molar-refractivity contribution < 1.29 is 4.74 Å². The van der Waals surface area contributed by atoms with Gasteiger partial charge in [0.2, 0.25) is 0 Å². The molecule has 3 aromatic rings. The molecule has 0 spiro atoms. The Morgan fingerprint density at radius 3 is 2.57 bits per heavy atom. The highest BCUT2D eigenvalue weighted by Crippen LogP contribution is 2.34. The van der Waals surface area contributed by atoms with Crippen molar-refractivity contribution >= 4 is 28.2 Å². The van der Waals surface area contributed by atoms with E-state index in [1.807, 2.05) is 19.1 Å². The van der Waals surface area contributed by atoms with Gasteiger partial charge in [-0.2, -0.15) is 15.2 Å². The van der Waals surface area contributed by atoms with E-state index in [-0.39, 0.29) is 0 Å². The van der Waals surface area contributed by atoms with E-state index >= 15 is 0 Å². The van der Waals surface area contributed by atoms with Crippen molar-refractivity contribution in [1.29, 1.82) is 5.26 Å². The molecule has 1 saturated heterocycles. The van der Waals surface area contributed by atoms with Crippen molar-refractivity contribution in [2.75, 3.05) is 38.2 Å². The summed E-state index contributed by atoms with van der Waals surface area (Å²) in [6.07, 6.45) is 1.73. The Hall–Kier alpha value is -3.18. The van der Waals surface area contributed by atoms with Crippen molar-refractivity contribution in [2.24, 2.45) is 0 Å². The molecule has 1 unspecified atom stereocenters. The molecule has 0 aliphatic carbocycles. The van der Waals surface area contributed by atoms with Crippen molar-refractivity contribution in [1.82, 2.24) is 19.8 Å². The summed E-state index contributed by atoms with van der Waals surface area (Å²) >= 11 is 6.57. The molecule has 3 heterocycles. The summed E-state index contributed by atoms with van der Waals surface area (Å²) in [5.41, 5.74) is 2.70. The number of anilines is 1. The van der Waals surface area contributed by atoms with Crippen LogP contribution < -0.4 is 9.64 Å². The van der Waals surface area contributed by atoms with Crippen LogP contribution in [0.25, 0.3) is 10.8 Å². The maximum Gasteiger partial charge on any atom is 0.318 e. The summed E-state index contributed by atoms with van der Waals surface area (Å²) in [4.78, 5) is 16.3. The average Bonchev–Trinajstić information content (AvgIpc) is 3.30. The molecule has 1 aromatic heterocycles. The van der Waals surface area contributed by atoms with Crippen LogP contribution in [0, 0.1) is 11.3 Å². The number of halogens is 1. The zero-order valence-corrected chi connectivity index (χ0v) is 20.9. The van der Waals surface area contributed by atoms with Crippen LogP contribution in [-0.2, 0) is 19.6 Å². The van der Waals surface area contributed by atoms with Crippen molar-refractivity contribution in [2.45, 2.75) is 32.1 Å². The van der Waals surface area contributed by atoms with Gasteiger partial charge < -0.3 is 9.64 Å². The Morgan fingerprint density at radius 2 is 1.89 bits per heavy atom. The number of aromatic nitrogens is 2. The van der Waals surface area contributed by atoms with Crippen LogP contribution in [0.4, 0.5) is 5.82 Å². The van der Waals surface area contributed by atoms with E-state index in [0.29, 0.717) is 6.01 Å². The maximum atomic E-state index is 9.62. The molecule has 8 heteroatoms. The number of nitrogens with zero attached hydrogens (tertiary/aromatic N) is 6. The van der Waals surface area contributed by atoms with Gasteiger partial charge in [0, 0.05) is 61.8 Å². The molecule has 0 bridgehead atoms. The molecule has 0 N–H and O–H groups in total. The second-order valence-electron chi connectivity index (χ2n) is 9.30. The van der Waals surface area contributed by atoms with Crippen molar-refractivity contribution in [3.63, 3.8) is 0 Å². The predicted molar refractivity (Wildman–Crippen MR) is 138 cm³/mol. The second-order valence-corrected chi connectivity index (χ2v) is 9.70. The van der Waals surface area contributed by atoms with Gasteiger partial charge in [-0.3, -0.25) is 9.80 Å². The molecule has 0 radical (unpaired) electrons. The number of fused-ring (bicyclic) bond motifs is 2. The van der Waals surface area contributed by atoms with Crippen LogP contribution in [0.15, 0.2) is 49.1 Å². The normalized spacial score (nSPS) is 18.2. The van der Waals surface area contributed by atoms with Gasteiger partial charge >= 0.3 is 6.01 Å². The third-order valence-electron chi connectivity index (χ3n) is 7.18. The van der Waals surface area contributed by atoms with Crippen LogP contribution in [0.3, 0.4) is 0 Å². The Labute approximate surface area is 211 Å². The Balaban J connectivity index is 1.39. The summed E-state index contributed by atoms with van der Waals surface area (Å²) in [7, 11) is 1.61. The van der Waals surface area contributed by atoms with E-state index in [0.717, 1.165) is 78.7 Å². The quantitative estimate of drug-likeness (QED) is 0.476. The first-order valence-electron chi connectivity index (χ1n) is 11.8. The van der Waals surface area contributed by atoms with Gasteiger partial charge in [0.05, 0.1) is 18.9 Å². The van der Waals surface area contributed by atoms with Gasteiger partial charge in [-0.25, -0.2) is 0 Å².